The van der Waals surface area contributed by atoms with Gasteiger partial charge in [-0.05, 0) is 36.7 Å². The minimum absolute atomic E-state index is 0.00620. The second-order valence-electron chi connectivity index (χ2n) is 3.38. The summed E-state index contributed by atoms with van der Waals surface area (Å²) in [6.45, 7) is 7.48. The van der Waals surface area contributed by atoms with E-state index in [1.54, 1.807) is 6.20 Å². The Hall–Kier alpha value is -0.390. The summed E-state index contributed by atoms with van der Waals surface area (Å²) in [6, 6.07) is -0.151. The molecule has 0 radical (unpaired) electrons. The Morgan fingerprint density at radius 2 is 2.27 bits per heavy atom. The molecule has 1 aromatic rings. The molecule has 0 aromatic carbocycles. The van der Waals surface area contributed by atoms with Crippen LogP contribution in [0.25, 0.3) is 0 Å². The Labute approximate surface area is 98.9 Å². The van der Waals surface area contributed by atoms with E-state index in [1.165, 1.54) is 0 Å². The number of nitrogens with two attached hydrogens (primary N) is 1. The fourth-order valence-electron chi connectivity index (χ4n) is 1.54. The summed E-state index contributed by atoms with van der Waals surface area (Å²) in [6.07, 6.45) is 1.77. The Balaban J connectivity index is 2.88. The van der Waals surface area contributed by atoms with Gasteiger partial charge in [-0.25, -0.2) is 0 Å². The van der Waals surface area contributed by atoms with Crippen LogP contribution in [0, 0.1) is 0 Å². The number of aromatic nitrogens is 2. The van der Waals surface area contributed by atoms with Crippen molar-refractivity contribution in [1.29, 1.82) is 0 Å². The maximum Gasteiger partial charge on any atom is 0.0755 e. The normalized spacial score (nSPS) is 15.3. The van der Waals surface area contributed by atoms with E-state index in [9.17, 15) is 0 Å². The largest absolute Gasteiger partial charge is 0.377 e. The minimum atomic E-state index is -0.151. The van der Waals surface area contributed by atoms with Gasteiger partial charge in [0, 0.05) is 13.2 Å². The van der Waals surface area contributed by atoms with E-state index in [2.05, 4.69) is 21.0 Å². The molecule has 2 atom stereocenters. The molecule has 1 rings (SSSR count). The van der Waals surface area contributed by atoms with E-state index in [0.717, 1.165) is 16.7 Å². The third-order valence-corrected chi connectivity index (χ3v) is 2.99. The molecule has 1 aromatic heterocycles. The summed E-state index contributed by atoms with van der Waals surface area (Å²) >= 11 is 3.46. The zero-order valence-corrected chi connectivity index (χ0v) is 11.0. The average Bonchev–Trinajstić information content (AvgIpc) is 2.58. The molecule has 0 amide bonds. The van der Waals surface area contributed by atoms with Gasteiger partial charge in [0.1, 0.15) is 0 Å². The molecule has 0 bridgehead atoms. The van der Waals surface area contributed by atoms with E-state index in [0.29, 0.717) is 6.61 Å². The Morgan fingerprint density at radius 1 is 1.60 bits per heavy atom. The molecule has 0 saturated carbocycles. The third kappa shape index (κ3) is 2.80. The maximum absolute atomic E-state index is 6.13. The topological polar surface area (TPSA) is 53.1 Å². The SMILES string of the molecule is CCOC(C)C(N)c1c(Br)cnn1CC. The highest BCUT2D eigenvalue weighted by Gasteiger charge is 2.21. The summed E-state index contributed by atoms with van der Waals surface area (Å²) in [4.78, 5) is 0. The van der Waals surface area contributed by atoms with Crippen molar-refractivity contribution in [3.63, 3.8) is 0 Å². The molecule has 4 nitrogen and oxygen atoms in total. The van der Waals surface area contributed by atoms with Gasteiger partial charge in [-0.15, -0.1) is 0 Å². The van der Waals surface area contributed by atoms with Crippen molar-refractivity contribution in [1.82, 2.24) is 9.78 Å². The standard InChI is InChI=1S/C10H18BrN3O/c1-4-14-10(8(11)6-13-14)9(12)7(3)15-5-2/h6-7,9H,4-5,12H2,1-3H3. The lowest BCUT2D eigenvalue weighted by atomic mass is 10.1. The first-order chi connectivity index (χ1) is 7.11. The Bertz CT molecular complexity index is 314. The van der Waals surface area contributed by atoms with Crippen molar-refractivity contribution in [3.8, 4) is 0 Å². The lowest BCUT2D eigenvalue weighted by molar-refractivity contribution is 0.0552. The van der Waals surface area contributed by atoms with Gasteiger partial charge >= 0.3 is 0 Å². The fraction of sp³-hybridized carbons (Fsp3) is 0.700. The Morgan fingerprint density at radius 3 is 2.80 bits per heavy atom. The molecule has 0 spiro atoms. The van der Waals surface area contributed by atoms with Crippen molar-refractivity contribution in [2.24, 2.45) is 5.73 Å². The van der Waals surface area contributed by atoms with Crippen LogP contribution in [0.2, 0.25) is 0 Å². The van der Waals surface area contributed by atoms with Gasteiger partial charge in [0.25, 0.3) is 0 Å². The summed E-state index contributed by atoms with van der Waals surface area (Å²) < 4.78 is 8.34. The van der Waals surface area contributed by atoms with E-state index >= 15 is 0 Å². The van der Waals surface area contributed by atoms with Crippen LogP contribution in [0.3, 0.4) is 0 Å². The molecule has 0 fully saturated rings. The van der Waals surface area contributed by atoms with E-state index in [4.69, 9.17) is 10.5 Å². The smallest absolute Gasteiger partial charge is 0.0755 e. The van der Waals surface area contributed by atoms with Crippen LogP contribution in [0.1, 0.15) is 32.5 Å². The maximum atomic E-state index is 6.13. The summed E-state index contributed by atoms with van der Waals surface area (Å²) in [5.74, 6) is 0. The van der Waals surface area contributed by atoms with Crippen LogP contribution in [0.5, 0.6) is 0 Å². The van der Waals surface area contributed by atoms with Crippen molar-refractivity contribution in [3.05, 3.63) is 16.4 Å². The van der Waals surface area contributed by atoms with Gasteiger partial charge in [0.15, 0.2) is 0 Å². The molecule has 0 aliphatic heterocycles. The molecule has 5 heteroatoms. The Kier molecular flexibility index (Phi) is 4.76. The molecule has 0 aliphatic rings. The summed E-state index contributed by atoms with van der Waals surface area (Å²) in [5, 5.41) is 4.23. The predicted molar refractivity (Wildman–Crippen MR) is 63.6 cm³/mol. The zero-order chi connectivity index (χ0) is 11.4. The zero-order valence-electron chi connectivity index (χ0n) is 9.40. The minimum Gasteiger partial charge on any atom is -0.377 e. The average molecular weight is 276 g/mol. The van der Waals surface area contributed by atoms with Gasteiger partial charge in [0.2, 0.25) is 0 Å². The van der Waals surface area contributed by atoms with E-state index < -0.39 is 0 Å². The van der Waals surface area contributed by atoms with E-state index in [-0.39, 0.29) is 12.1 Å². The summed E-state index contributed by atoms with van der Waals surface area (Å²) in [5.41, 5.74) is 7.13. The van der Waals surface area contributed by atoms with Gasteiger partial charge < -0.3 is 10.5 Å². The van der Waals surface area contributed by atoms with Crippen LogP contribution in [-0.2, 0) is 11.3 Å². The lowest BCUT2D eigenvalue weighted by Crippen LogP contribution is -2.29. The number of hydrogen-bond acceptors (Lipinski definition) is 3. The highest BCUT2D eigenvalue weighted by Crippen LogP contribution is 2.25. The number of nitrogens with zero attached hydrogens (tertiary/aromatic N) is 2. The van der Waals surface area contributed by atoms with Crippen LogP contribution in [0.4, 0.5) is 0 Å². The lowest BCUT2D eigenvalue weighted by Gasteiger charge is -2.21. The third-order valence-electron chi connectivity index (χ3n) is 2.38. The number of rotatable bonds is 5. The second-order valence-corrected chi connectivity index (χ2v) is 4.23. The van der Waals surface area contributed by atoms with Gasteiger partial charge in [0.05, 0.1) is 28.5 Å². The van der Waals surface area contributed by atoms with Crippen molar-refractivity contribution >= 4 is 15.9 Å². The van der Waals surface area contributed by atoms with Crippen LogP contribution in [-0.4, -0.2) is 22.5 Å². The molecular formula is C10H18BrN3O. The molecule has 15 heavy (non-hydrogen) atoms. The number of ether oxygens (including phenoxy) is 1. The molecular weight excluding hydrogens is 258 g/mol. The van der Waals surface area contributed by atoms with E-state index in [1.807, 2.05) is 25.5 Å². The molecule has 0 saturated heterocycles. The highest BCUT2D eigenvalue weighted by molar-refractivity contribution is 9.10. The van der Waals surface area contributed by atoms with Gasteiger partial charge in [-0.1, -0.05) is 0 Å². The molecule has 2 N–H and O–H groups in total. The van der Waals surface area contributed by atoms with Crippen molar-refractivity contribution < 1.29 is 4.74 Å². The predicted octanol–water partition coefficient (Wildman–Crippen LogP) is 2.09. The quantitative estimate of drug-likeness (QED) is 0.896. The summed E-state index contributed by atoms with van der Waals surface area (Å²) in [7, 11) is 0. The van der Waals surface area contributed by atoms with Crippen LogP contribution in [0.15, 0.2) is 10.7 Å². The van der Waals surface area contributed by atoms with Crippen LogP contribution >= 0.6 is 15.9 Å². The first-order valence-electron chi connectivity index (χ1n) is 5.20. The fourth-order valence-corrected chi connectivity index (χ4v) is 2.10. The van der Waals surface area contributed by atoms with Crippen molar-refractivity contribution in [2.45, 2.75) is 39.5 Å². The first-order valence-corrected chi connectivity index (χ1v) is 5.99. The number of aryl methyl sites for hydroxylation is 1. The number of halogens is 1. The molecule has 1 heterocycles. The monoisotopic (exact) mass is 275 g/mol. The molecule has 0 aliphatic carbocycles. The van der Waals surface area contributed by atoms with Gasteiger partial charge in [-0.3, -0.25) is 4.68 Å². The first kappa shape index (κ1) is 12.7. The second kappa shape index (κ2) is 5.63. The number of hydrogen-bond donors (Lipinski definition) is 1. The molecule has 86 valence electrons. The highest BCUT2D eigenvalue weighted by atomic mass is 79.9. The van der Waals surface area contributed by atoms with Gasteiger partial charge in [-0.2, -0.15) is 5.10 Å². The molecule has 2 unspecified atom stereocenters. The van der Waals surface area contributed by atoms with Crippen molar-refractivity contribution in [2.75, 3.05) is 6.61 Å². The van der Waals surface area contributed by atoms with Crippen LogP contribution < -0.4 is 5.73 Å².